The highest BCUT2D eigenvalue weighted by Gasteiger charge is 2.08. The Hall–Kier alpha value is -1.78. The maximum Gasteiger partial charge on any atom is 0.183 e. The van der Waals surface area contributed by atoms with Crippen molar-refractivity contribution in [2.75, 3.05) is 6.26 Å². The van der Waals surface area contributed by atoms with E-state index in [1.807, 2.05) is 50.0 Å². The molecule has 1 heterocycles. The Morgan fingerprint density at radius 2 is 2.35 bits per heavy atom. The van der Waals surface area contributed by atoms with Crippen molar-refractivity contribution in [3.63, 3.8) is 0 Å². The molecule has 0 bridgehead atoms. The number of amidine groups is 1. The number of thioether (sulfide) groups is 1. The monoisotopic (exact) mass is 349 g/mol. The van der Waals surface area contributed by atoms with Crippen LogP contribution in [-0.2, 0) is 7.05 Å². The molecule has 0 amide bonds. The topological polar surface area (TPSA) is 66.0 Å². The predicted octanol–water partition coefficient (Wildman–Crippen LogP) is 3.27. The summed E-state index contributed by atoms with van der Waals surface area (Å²) in [7, 11) is 1.87. The van der Waals surface area contributed by atoms with Crippen LogP contribution in [0.2, 0.25) is 0 Å². The Kier molecular flexibility index (Phi) is 4.82. The zero-order valence-electron chi connectivity index (χ0n) is 11.0. The number of aliphatic imine (C=N–C) groups is 1. The summed E-state index contributed by atoms with van der Waals surface area (Å²) in [6.45, 7) is 0. The molecule has 7 heteroatoms. The van der Waals surface area contributed by atoms with E-state index in [0.717, 1.165) is 21.4 Å². The average molecular weight is 350 g/mol. The number of hydrogen-bond acceptors (Lipinski definition) is 4. The van der Waals surface area contributed by atoms with Crippen LogP contribution in [-0.4, -0.2) is 21.2 Å². The Labute approximate surface area is 129 Å². The minimum absolute atomic E-state index is 0.560. The molecule has 2 aromatic rings. The van der Waals surface area contributed by atoms with Crippen LogP contribution in [0.1, 0.15) is 0 Å². The van der Waals surface area contributed by atoms with Gasteiger partial charge in [-0.15, -0.1) is 0 Å². The highest BCUT2D eigenvalue weighted by molar-refractivity contribution is 9.10. The van der Waals surface area contributed by atoms with Crippen molar-refractivity contribution < 1.29 is 0 Å². The summed E-state index contributed by atoms with van der Waals surface area (Å²) in [5.74, 6) is 0. The highest BCUT2D eigenvalue weighted by atomic mass is 79.9. The van der Waals surface area contributed by atoms with Crippen molar-refractivity contribution in [1.82, 2.24) is 15.1 Å². The molecular formula is C13H12BrN5S. The number of nitrogens with one attached hydrogen (secondary N) is 1. The molecule has 0 atom stereocenters. The third-order valence-corrected chi connectivity index (χ3v) is 3.65. The van der Waals surface area contributed by atoms with Crippen LogP contribution in [0.4, 0.5) is 5.69 Å². The van der Waals surface area contributed by atoms with Crippen molar-refractivity contribution >= 4 is 38.5 Å². The van der Waals surface area contributed by atoms with Gasteiger partial charge in [0.1, 0.15) is 5.69 Å². The van der Waals surface area contributed by atoms with Gasteiger partial charge in [0, 0.05) is 18.8 Å². The third kappa shape index (κ3) is 3.40. The lowest BCUT2D eigenvalue weighted by Crippen LogP contribution is -2.12. The number of aromatic nitrogens is 2. The van der Waals surface area contributed by atoms with E-state index in [1.54, 1.807) is 4.68 Å². The SMILES string of the molecule is CSC(=Nc1cccc(-c2nn(C)cc2Br)c1)NC#N. The molecule has 1 aromatic carbocycles. The van der Waals surface area contributed by atoms with Crippen molar-refractivity contribution in [3.05, 3.63) is 34.9 Å². The van der Waals surface area contributed by atoms with Gasteiger partial charge in [0.05, 0.1) is 10.2 Å². The number of hydrogen-bond donors (Lipinski definition) is 1. The van der Waals surface area contributed by atoms with E-state index in [4.69, 9.17) is 5.26 Å². The van der Waals surface area contributed by atoms with Crippen LogP contribution in [0.5, 0.6) is 0 Å². The van der Waals surface area contributed by atoms with Gasteiger partial charge in [0.15, 0.2) is 11.4 Å². The van der Waals surface area contributed by atoms with Crippen LogP contribution in [0.15, 0.2) is 39.9 Å². The van der Waals surface area contributed by atoms with Gasteiger partial charge in [-0.05, 0) is 34.3 Å². The van der Waals surface area contributed by atoms with Crippen LogP contribution in [0.25, 0.3) is 11.3 Å². The van der Waals surface area contributed by atoms with E-state index in [9.17, 15) is 0 Å². The molecule has 20 heavy (non-hydrogen) atoms. The van der Waals surface area contributed by atoms with E-state index >= 15 is 0 Å². The quantitative estimate of drug-likeness (QED) is 0.391. The number of rotatable bonds is 2. The van der Waals surface area contributed by atoms with Crippen molar-refractivity contribution in [2.45, 2.75) is 0 Å². The summed E-state index contributed by atoms with van der Waals surface area (Å²) < 4.78 is 2.68. The number of nitrogens with zero attached hydrogens (tertiary/aromatic N) is 4. The minimum Gasteiger partial charge on any atom is -0.274 e. The van der Waals surface area contributed by atoms with Gasteiger partial charge in [0.25, 0.3) is 0 Å². The molecule has 1 N–H and O–H groups in total. The Morgan fingerprint density at radius 3 is 2.95 bits per heavy atom. The molecule has 0 fully saturated rings. The van der Waals surface area contributed by atoms with Gasteiger partial charge in [0.2, 0.25) is 0 Å². The van der Waals surface area contributed by atoms with Gasteiger partial charge in [-0.1, -0.05) is 23.9 Å². The smallest absolute Gasteiger partial charge is 0.183 e. The van der Waals surface area contributed by atoms with Crippen molar-refractivity contribution in [2.24, 2.45) is 12.0 Å². The zero-order chi connectivity index (χ0) is 14.5. The van der Waals surface area contributed by atoms with E-state index in [2.05, 4.69) is 31.3 Å². The molecule has 0 unspecified atom stereocenters. The first-order chi connectivity index (χ1) is 9.63. The van der Waals surface area contributed by atoms with Gasteiger partial charge in [-0.2, -0.15) is 10.4 Å². The minimum atomic E-state index is 0.560. The standard InChI is InChI=1S/C13H12BrN5S/c1-19-7-11(14)12(18-19)9-4-3-5-10(6-9)17-13(20-2)16-8-15/h3-7H,1-2H3,(H,16,17). The maximum atomic E-state index is 8.64. The number of halogens is 1. The summed E-state index contributed by atoms with van der Waals surface area (Å²) >= 11 is 4.87. The van der Waals surface area contributed by atoms with Gasteiger partial charge in [-0.25, -0.2) is 4.99 Å². The summed E-state index contributed by atoms with van der Waals surface area (Å²) in [4.78, 5) is 4.39. The van der Waals surface area contributed by atoms with E-state index in [1.165, 1.54) is 11.8 Å². The van der Waals surface area contributed by atoms with Gasteiger partial charge < -0.3 is 0 Å². The fraction of sp³-hybridized carbons (Fsp3) is 0.154. The van der Waals surface area contributed by atoms with Crippen molar-refractivity contribution in [1.29, 1.82) is 5.26 Å². The number of benzene rings is 1. The molecule has 0 aliphatic heterocycles. The first-order valence-corrected chi connectivity index (χ1v) is 7.73. The Morgan fingerprint density at radius 1 is 1.55 bits per heavy atom. The molecule has 0 spiro atoms. The fourth-order valence-corrected chi connectivity index (χ4v) is 2.62. The number of nitriles is 1. The third-order valence-electron chi connectivity index (χ3n) is 2.49. The molecule has 102 valence electrons. The molecule has 1 aromatic heterocycles. The van der Waals surface area contributed by atoms with E-state index in [0.29, 0.717) is 5.17 Å². The molecule has 5 nitrogen and oxygen atoms in total. The molecule has 0 saturated carbocycles. The first-order valence-electron chi connectivity index (χ1n) is 5.71. The molecular weight excluding hydrogens is 338 g/mol. The fourth-order valence-electron chi connectivity index (χ4n) is 1.67. The van der Waals surface area contributed by atoms with Crippen LogP contribution in [0.3, 0.4) is 0 Å². The molecule has 2 rings (SSSR count). The van der Waals surface area contributed by atoms with E-state index < -0.39 is 0 Å². The van der Waals surface area contributed by atoms with Gasteiger partial charge in [-0.3, -0.25) is 10.00 Å². The average Bonchev–Trinajstić information content (AvgIpc) is 2.77. The zero-order valence-corrected chi connectivity index (χ0v) is 13.4. The summed E-state index contributed by atoms with van der Waals surface area (Å²) in [5.41, 5.74) is 2.60. The Balaban J connectivity index is 2.38. The molecule has 0 saturated heterocycles. The lowest BCUT2D eigenvalue weighted by molar-refractivity contribution is 0.770. The number of aryl methyl sites for hydroxylation is 1. The van der Waals surface area contributed by atoms with Crippen LogP contribution < -0.4 is 5.32 Å². The largest absolute Gasteiger partial charge is 0.274 e. The molecule has 0 aliphatic carbocycles. The van der Waals surface area contributed by atoms with E-state index in [-0.39, 0.29) is 0 Å². The molecule has 0 aliphatic rings. The lowest BCUT2D eigenvalue weighted by atomic mass is 10.1. The summed E-state index contributed by atoms with van der Waals surface area (Å²) in [6, 6.07) is 7.71. The van der Waals surface area contributed by atoms with Crippen LogP contribution in [0, 0.1) is 11.5 Å². The normalized spacial score (nSPS) is 11.2. The van der Waals surface area contributed by atoms with Crippen LogP contribution >= 0.6 is 27.7 Å². The summed E-state index contributed by atoms with van der Waals surface area (Å²) in [5, 5.41) is 16.2. The Bertz CT molecular complexity index is 686. The maximum absolute atomic E-state index is 8.64. The second-order valence-electron chi connectivity index (χ2n) is 3.91. The molecule has 0 radical (unpaired) electrons. The first kappa shape index (κ1) is 14.6. The summed E-state index contributed by atoms with van der Waals surface area (Å²) in [6.07, 6.45) is 5.64. The van der Waals surface area contributed by atoms with Gasteiger partial charge >= 0.3 is 0 Å². The predicted molar refractivity (Wildman–Crippen MR) is 85.7 cm³/mol. The second kappa shape index (κ2) is 6.59. The van der Waals surface area contributed by atoms with Crippen molar-refractivity contribution in [3.8, 4) is 17.5 Å². The second-order valence-corrected chi connectivity index (χ2v) is 5.56. The lowest BCUT2D eigenvalue weighted by Gasteiger charge is -2.02. The highest BCUT2D eigenvalue weighted by Crippen LogP contribution is 2.29.